The van der Waals surface area contributed by atoms with E-state index in [0.717, 1.165) is 41.5 Å². The predicted molar refractivity (Wildman–Crippen MR) is 171 cm³/mol. The van der Waals surface area contributed by atoms with E-state index < -0.39 is 5.41 Å². The largest absolute Gasteiger partial charge is 0.460 e. The lowest BCUT2D eigenvalue weighted by atomic mass is 9.62. The molecule has 1 aliphatic rings. The number of esters is 1. The van der Waals surface area contributed by atoms with E-state index in [-0.39, 0.29) is 23.6 Å². The zero-order chi connectivity index (χ0) is 31.4. The summed E-state index contributed by atoms with van der Waals surface area (Å²) in [5, 5.41) is 21.1. The molecule has 5 aromatic rings. The molecule has 0 radical (unpaired) electrons. The molecule has 0 spiro atoms. The molecule has 3 heterocycles. The third-order valence-corrected chi connectivity index (χ3v) is 8.47. The van der Waals surface area contributed by atoms with Crippen molar-refractivity contribution in [1.29, 1.82) is 0 Å². The van der Waals surface area contributed by atoms with Crippen LogP contribution in [0.2, 0.25) is 0 Å². The summed E-state index contributed by atoms with van der Waals surface area (Å²) >= 11 is 0. The third-order valence-electron chi connectivity index (χ3n) is 8.47. The molecule has 2 N–H and O–H groups in total. The topological polar surface area (TPSA) is 144 Å². The van der Waals surface area contributed by atoms with Crippen LogP contribution in [0, 0.1) is 11.3 Å². The molecule has 0 saturated heterocycles. The highest BCUT2D eigenvalue weighted by atomic mass is 16.5. The second-order valence-corrected chi connectivity index (χ2v) is 11.8. The van der Waals surface area contributed by atoms with Gasteiger partial charge in [-0.15, -0.1) is 10.2 Å². The second-order valence-electron chi connectivity index (χ2n) is 11.8. The monoisotopic (exact) mass is 604 g/mol. The molecular weight excluding hydrogens is 568 g/mol. The summed E-state index contributed by atoms with van der Waals surface area (Å²) in [5.41, 5.74) is 4.41. The summed E-state index contributed by atoms with van der Waals surface area (Å²) in [4.78, 5) is 31.3. The molecule has 2 atom stereocenters. The van der Waals surface area contributed by atoms with Gasteiger partial charge in [-0.3, -0.25) is 4.79 Å². The van der Waals surface area contributed by atoms with Gasteiger partial charge in [0.1, 0.15) is 11.0 Å². The molecule has 2 unspecified atom stereocenters. The van der Waals surface area contributed by atoms with Crippen LogP contribution < -0.4 is 5.56 Å². The number of ether oxygens (including phenoxy) is 1. The molecule has 45 heavy (non-hydrogen) atoms. The van der Waals surface area contributed by atoms with E-state index in [1.54, 1.807) is 12.5 Å². The normalized spacial score (nSPS) is 18.0. The molecule has 3 aromatic heterocycles. The van der Waals surface area contributed by atoms with Gasteiger partial charge in [0, 0.05) is 23.1 Å². The zero-order valence-electron chi connectivity index (χ0n) is 25.6. The zero-order valence-corrected chi connectivity index (χ0v) is 25.6. The Morgan fingerprint density at radius 2 is 1.91 bits per heavy atom. The predicted octanol–water partition coefficient (Wildman–Crippen LogP) is 5.45. The summed E-state index contributed by atoms with van der Waals surface area (Å²) in [5.74, 6) is 0.188. The van der Waals surface area contributed by atoms with E-state index in [0.29, 0.717) is 35.4 Å². The molecule has 0 bridgehead atoms. The Hall–Kier alpha value is -5.19. The number of rotatable bonds is 11. The highest BCUT2D eigenvalue weighted by Crippen LogP contribution is 2.47. The standard InChI is InChI=1S/C34H36N8O3/c1-4-5-9-25-10-8-13-28(33(44)45-22(2)3)34(25,20-42-21-35-29-19-36-39-32(43)30(29)42)18-23-14-16-24(17-15-23)26-11-6-7-12-27(26)31-37-40-41-38-31/h6-8,10-17,19,21-22,25H,4-5,9,18,20H2,1-3H3,(H,39,43)(H,37,38,40,41). The van der Waals surface area contributed by atoms with Crippen molar-refractivity contribution in [2.75, 3.05) is 0 Å². The summed E-state index contributed by atoms with van der Waals surface area (Å²) in [6.45, 7) is 6.23. The second kappa shape index (κ2) is 12.8. The average Bonchev–Trinajstić information content (AvgIpc) is 3.72. The molecule has 0 saturated carbocycles. The maximum atomic E-state index is 13.8. The van der Waals surface area contributed by atoms with E-state index in [4.69, 9.17) is 4.74 Å². The number of aromatic amines is 2. The molecule has 0 aliphatic heterocycles. The summed E-state index contributed by atoms with van der Waals surface area (Å²) in [6, 6.07) is 16.3. The fraction of sp³-hybridized carbons (Fsp3) is 0.324. The van der Waals surface area contributed by atoms with Gasteiger partial charge in [-0.25, -0.2) is 14.9 Å². The first-order chi connectivity index (χ1) is 21.9. The number of allylic oxidation sites excluding steroid dienone is 3. The van der Waals surface area contributed by atoms with Crippen LogP contribution >= 0.6 is 0 Å². The number of tetrazole rings is 1. The van der Waals surface area contributed by atoms with Gasteiger partial charge in [-0.1, -0.05) is 86.5 Å². The number of carbonyl (C=O) groups excluding carboxylic acids is 1. The fourth-order valence-corrected chi connectivity index (χ4v) is 6.41. The first-order valence-electron chi connectivity index (χ1n) is 15.3. The highest BCUT2D eigenvalue weighted by molar-refractivity contribution is 5.91. The fourth-order valence-electron chi connectivity index (χ4n) is 6.41. The molecule has 2 aromatic carbocycles. The van der Waals surface area contributed by atoms with Crippen molar-refractivity contribution >= 4 is 17.0 Å². The Morgan fingerprint density at radius 1 is 1.11 bits per heavy atom. The lowest BCUT2D eigenvalue weighted by Crippen LogP contribution is -2.43. The van der Waals surface area contributed by atoms with Crippen LogP contribution in [0.15, 0.2) is 89.7 Å². The Kier molecular flexibility index (Phi) is 8.50. The van der Waals surface area contributed by atoms with Crippen molar-refractivity contribution in [3.8, 4) is 22.5 Å². The van der Waals surface area contributed by atoms with Gasteiger partial charge in [0.25, 0.3) is 5.56 Å². The number of nitrogens with zero attached hydrogens (tertiary/aromatic N) is 6. The minimum atomic E-state index is -0.719. The quantitative estimate of drug-likeness (QED) is 0.189. The van der Waals surface area contributed by atoms with Crippen LogP contribution in [-0.2, 0) is 22.5 Å². The molecule has 11 nitrogen and oxygen atoms in total. The van der Waals surface area contributed by atoms with Crippen molar-refractivity contribution in [1.82, 2.24) is 40.4 Å². The van der Waals surface area contributed by atoms with Gasteiger partial charge in [0.15, 0.2) is 0 Å². The number of unbranched alkanes of at least 4 members (excludes halogenated alkanes) is 1. The number of aromatic nitrogens is 8. The van der Waals surface area contributed by atoms with Crippen molar-refractivity contribution < 1.29 is 9.53 Å². The summed E-state index contributed by atoms with van der Waals surface area (Å²) in [6.07, 6.45) is 12.4. The molecular formula is C34H36N8O3. The molecule has 0 fully saturated rings. The lowest BCUT2D eigenvalue weighted by Gasteiger charge is -2.43. The van der Waals surface area contributed by atoms with Gasteiger partial charge < -0.3 is 9.30 Å². The van der Waals surface area contributed by atoms with Crippen LogP contribution in [0.4, 0.5) is 0 Å². The average molecular weight is 605 g/mol. The maximum absolute atomic E-state index is 13.8. The number of benzene rings is 2. The molecule has 6 rings (SSSR count). The first-order valence-corrected chi connectivity index (χ1v) is 15.3. The Bertz CT molecular complexity index is 1900. The number of hydrogen-bond donors (Lipinski definition) is 2. The van der Waals surface area contributed by atoms with Gasteiger partial charge in [-0.05, 0) is 54.5 Å². The number of H-pyrrole nitrogens is 2. The van der Waals surface area contributed by atoms with Crippen LogP contribution in [0.1, 0.15) is 45.6 Å². The smallest absolute Gasteiger partial charge is 0.334 e. The van der Waals surface area contributed by atoms with Gasteiger partial charge in [-0.2, -0.15) is 10.3 Å². The van der Waals surface area contributed by atoms with Crippen LogP contribution in [0.3, 0.4) is 0 Å². The number of fused-ring (bicyclic) bond motifs is 1. The lowest BCUT2D eigenvalue weighted by molar-refractivity contribution is -0.144. The molecule has 1 aliphatic carbocycles. The molecule has 0 amide bonds. The Morgan fingerprint density at radius 3 is 2.64 bits per heavy atom. The maximum Gasteiger partial charge on any atom is 0.334 e. The van der Waals surface area contributed by atoms with Crippen molar-refractivity contribution in [3.05, 3.63) is 101 Å². The minimum Gasteiger partial charge on any atom is -0.460 e. The molecule has 11 heteroatoms. The van der Waals surface area contributed by atoms with Crippen LogP contribution in [0.5, 0.6) is 0 Å². The molecule has 230 valence electrons. The van der Waals surface area contributed by atoms with E-state index in [1.807, 2.05) is 54.8 Å². The van der Waals surface area contributed by atoms with E-state index >= 15 is 0 Å². The first kappa shape index (κ1) is 29.9. The minimum absolute atomic E-state index is 0.00849. The van der Waals surface area contributed by atoms with Crippen molar-refractivity contribution in [3.63, 3.8) is 0 Å². The number of nitrogens with one attached hydrogen (secondary N) is 2. The van der Waals surface area contributed by atoms with Gasteiger partial charge in [0.05, 0.1) is 18.6 Å². The highest BCUT2D eigenvalue weighted by Gasteiger charge is 2.46. The van der Waals surface area contributed by atoms with Crippen molar-refractivity contribution in [2.45, 2.75) is 59.1 Å². The van der Waals surface area contributed by atoms with Crippen LogP contribution in [0.25, 0.3) is 33.5 Å². The van der Waals surface area contributed by atoms with E-state index in [9.17, 15) is 9.59 Å². The number of imidazole rings is 1. The van der Waals surface area contributed by atoms with Crippen molar-refractivity contribution in [2.24, 2.45) is 11.3 Å². The van der Waals surface area contributed by atoms with Gasteiger partial charge in [0.2, 0.25) is 5.82 Å². The third kappa shape index (κ3) is 5.98. The number of hydrogen-bond acceptors (Lipinski definition) is 8. The van der Waals surface area contributed by atoms with E-state index in [2.05, 4.69) is 73.1 Å². The van der Waals surface area contributed by atoms with Gasteiger partial charge >= 0.3 is 5.97 Å². The summed E-state index contributed by atoms with van der Waals surface area (Å²) in [7, 11) is 0. The van der Waals surface area contributed by atoms with Crippen LogP contribution in [-0.4, -0.2) is 52.4 Å². The van der Waals surface area contributed by atoms with E-state index in [1.165, 1.54) is 0 Å². The number of carbonyl (C=O) groups is 1. The summed E-state index contributed by atoms with van der Waals surface area (Å²) < 4.78 is 7.69. The SMILES string of the molecule is CCCCC1C=CC=C(C(=O)OC(C)C)C1(Cc1ccc(-c2ccccc2-c2nn[nH]n2)cc1)Cn1cnc2cn[nH]c(=O)c21. The Labute approximate surface area is 260 Å². The Balaban J connectivity index is 1.45.